The molecule has 378 valence electrons. The molecule has 0 aromatic carbocycles. The van der Waals surface area contributed by atoms with Crippen molar-refractivity contribution in [2.45, 2.75) is 264 Å². The molecule has 6 heteroatoms. The summed E-state index contributed by atoms with van der Waals surface area (Å²) in [6.45, 7) is 6.44. The second-order valence-electron chi connectivity index (χ2n) is 18.1. The van der Waals surface area contributed by atoms with Crippen LogP contribution in [0.25, 0.3) is 0 Å². The van der Waals surface area contributed by atoms with Gasteiger partial charge in [0.2, 0.25) is 0 Å². The fourth-order valence-electron chi connectivity index (χ4n) is 7.49. The number of hydrogen-bond acceptors (Lipinski definition) is 6. The Morgan fingerprint density at radius 1 is 0.318 bits per heavy atom. The molecule has 0 fully saturated rings. The Morgan fingerprint density at radius 2 is 0.621 bits per heavy atom. The van der Waals surface area contributed by atoms with E-state index in [1.54, 1.807) is 0 Å². The number of carbonyl (C=O) groups excluding carboxylic acids is 3. The molecule has 0 rings (SSSR count). The van der Waals surface area contributed by atoms with Gasteiger partial charge < -0.3 is 14.2 Å². The molecule has 0 saturated heterocycles. The van der Waals surface area contributed by atoms with Crippen LogP contribution in [0.1, 0.15) is 258 Å². The Balaban J connectivity index is 4.47. The summed E-state index contributed by atoms with van der Waals surface area (Å²) in [5, 5.41) is 0. The highest BCUT2D eigenvalue weighted by Crippen LogP contribution is 2.15. The summed E-state index contributed by atoms with van der Waals surface area (Å²) in [5.74, 6) is -0.968. The van der Waals surface area contributed by atoms with Crippen LogP contribution < -0.4 is 0 Å². The lowest BCUT2D eigenvalue weighted by Gasteiger charge is -2.18. The van der Waals surface area contributed by atoms with Crippen molar-refractivity contribution in [1.29, 1.82) is 0 Å². The van der Waals surface area contributed by atoms with Crippen molar-refractivity contribution in [2.24, 2.45) is 0 Å². The van der Waals surface area contributed by atoms with E-state index in [2.05, 4.69) is 106 Å². The standard InChI is InChI=1S/C60H102O6/c1-4-7-10-13-16-19-22-25-28-30-32-35-38-41-44-47-50-53-59(62)65-56-57(55-64-58(61)52-49-46-43-40-37-34-27-24-21-18-15-12-9-6-3)66-60(63)54-51-48-45-42-39-36-33-31-29-26-23-20-17-14-11-8-5-2/h7,10,15-16,18-19,24-25,27-28,32,35,41,44,57H,4-6,8-9,11-14,17,20-23,26,29-31,33-34,36-40,42-43,45-56H2,1-3H3/b10-7-,18-15-,19-16-,27-24-,28-25-,35-32-,44-41-. The van der Waals surface area contributed by atoms with E-state index < -0.39 is 6.10 Å². The quantitative estimate of drug-likeness (QED) is 0.0262. The third-order valence-electron chi connectivity index (χ3n) is 11.6. The molecule has 0 aliphatic heterocycles. The van der Waals surface area contributed by atoms with Crippen LogP contribution in [0.4, 0.5) is 0 Å². The van der Waals surface area contributed by atoms with E-state index in [1.165, 1.54) is 109 Å². The number of rotatable bonds is 49. The van der Waals surface area contributed by atoms with Gasteiger partial charge in [0.1, 0.15) is 13.2 Å². The number of esters is 3. The van der Waals surface area contributed by atoms with Gasteiger partial charge in [-0.15, -0.1) is 0 Å². The Labute approximate surface area is 407 Å². The topological polar surface area (TPSA) is 78.9 Å². The summed E-state index contributed by atoms with van der Waals surface area (Å²) in [6, 6.07) is 0. The minimum atomic E-state index is -0.804. The maximum absolute atomic E-state index is 12.8. The van der Waals surface area contributed by atoms with Gasteiger partial charge in [0, 0.05) is 19.3 Å². The SMILES string of the molecule is CC/C=C\C/C=C\C/C=C\C/C=C\C/C=C\CCCC(=O)OCC(COC(=O)CCCCCCC/C=C\C/C=C\CCCC)OC(=O)CCCCCCCCCCCCCCCCCCC. The molecule has 1 unspecified atom stereocenters. The van der Waals surface area contributed by atoms with Crippen molar-refractivity contribution in [3.05, 3.63) is 85.1 Å². The van der Waals surface area contributed by atoms with E-state index >= 15 is 0 Å². The van der Waals surface area contributed by atoms with Crippen molar-refractivity contribution < 1.29 is 28.6 Å². The van der Waals surface area contributed by atoms with Crippen LogP contribution in [0.5, 0.6) is 0 Å². The fraction of sp³-hybridized carbons (Fsp3) is 0.717. The van der Waals surface area contributed by atoms with Gasteiger partial charge in [-0.25, -0.2) is 0 Å². The van der Waals surface area contributed by atoms with Gasteiger partial charge in [-0.3, -0.25) is 14.4 Å². The van der Waals surface area contributed by atoms with E-state index in [0.717, 1.165) is 103 Å². The molecule has 66 heavy (non-hydrogen) atoms. The lowest BCUT2D eigenvalue weighted by Crippen LogP contribution is -2.30. The zero-order valence-electron chi connectivity index (χ0n) is 43.2. The highest BCUT2D eigenvalue weighted by Gasteiger charge is 2.19. The second kappa shape index (κ2) is 54.2. The highest BCUT2D eigenvalue weighted by molar-refractivity contribution is 5.71. The Bertz CT molecular complexity index is 1290. The van der Waals surface area contributed by atoms with Gasteiger partial charge in [0.25, 0.3) is 0 Å². The summed E-state index contributed by atoms with van der Waals surface area (Å²) in [6.07, 6.45) is 70.0. The van der Waals surface area contributed by atoms with Crippen molar-refractivity contribution in [2.75, 3.05) is 13.2 Å². The Kier molecular flexibility index (Phi) is 51.4. The lowest BCUT2D eigenvalue weighted by molar-refractivity contribution is -0.167. The molecule has 0 aliphatic rings. The molecule has 0 spiro atoms. The maximum atomic E-state index is 12.8. The maximum Gasteiger partial charge on any atom is 0.306 e. The normalized spacial score (nSPS) is 12.7. The molecule has 0 N–H and O–H groups in total. The number of ether oxygens (including phenoxy) is 3. The van der Waals surface area contributed by atoms with Crippen LogP contribution in [0.15, 0.2) is 85.1 Å². The van der Waals surface area contributed by atoms with Crippen LogP contribution >= 0.6 is 0 Å². The average molecular weight is 919 g/mol. The Morgan fingerprint density at radius 3 is 1.03 bits per heavy atom. The first-order chi connectivity index (χ1) is 32.5. The molecule has 0 aliphatic carbocycles. The van der Waals surface area contributed by atoms with Crippen LogP contribution in [0, 0.1) is 0 Å². The summed E-state index contributed by atoms with van der Waals surface area (Å²) in [5.41, 5.74) is 0. The van der Waals surface area contributed by atoms with E-state index in [0.29, 0.717) is 19.3 Å². The number of hydrogen-bond donors (Lipinski definition) is 0. The van der Waals surface area contributed by atoms with Gasteiger partial charge >= 0.3 is 17.9 Å². The van der Waals surface area contributed by atoms with Crippen molar-refractivity contribution in [3.8, 4) is 0 Å². The van der Waals surface area contributed by atoms with Crippen molar-refractivity contribution in [3.63, 3.8) is 0 Å². The van der Waals surface area contributed by atoms with E-state index in [9.17, 15) is 14.4 Å². The summed E-state index contributed by atoms with van der Waals surface area (Å²) < 4.78 is 16.8. The van der Waals surface area contributed by atoms with Gasteiger partial charge in [0.05, 0.1) is 0 Å². The molecule has 0 amide bonds. The monoisotopic (exact) mass is 919 g/mol. The zero-order chi connectivity index (χ0) is 47.9. The van der Waals surface area contributed by atoms with Crippen molar-refractivity contribution >= 4 is 17.9 Å². The van der Waals surface area contributed by atoms with E-state index in [1.807, 2.05) is 0 Å². The number of allylic oxidation sites excluding steroid dienone is 14. The van der Waals surface area contributed by atoms with E-state index in [4.69, 9.17) is 14.2 Å². The second-order valence-corrected chi connectivity index (χ2v) is 18.1. The molecule has 0 saturated carbocycles. The predicted molar refractivity (Wildman–Crippen MR) is 284 cm³/mol. The minimum absolute atomic E-state index is 0.100. The number of unbranched alkanes of at least 4 members (excludes halogenated alkanes) is 24. The lowest BCUT2D eigenvalue weighted by atomic mass is 10.0. The number of carbonyl (C=O) groups is 3. The fourth-order valence-corrected chi connectivity index (χ4v) is 7.49. The molecular weight excluding hydrogens is 817 g/mol. The van der Waals surface area contributed by atoms with Gasteiger partial charge in [-0.2, -0.15) is 0 Å². The zero-order valence-corrected chi connectivity index (χ0v) is 43.2. The molecule has 0 radical (unpaired) electrons. The molecule has 6 nitrogen and oxygen atoms in total. The summed E-state index contributed by atoms with van der Waals surface area (Å²) in [7, 11) is 0. The average Bonchev–Trinajstić information content (AvgIpc) is 3.31. The molecule has 0 bridgehead atoms. The van der Waals surface area contributed by atoms with E-state index in [-0.39, 0.29) is 37.5 Å². The predicted octanol–water partition coefficient (Wildman–Crippen LogP) is 18.4. The minimum Gasteiger partial charge on any atom is -0.462 e. The van der Waals surface area contributed by atoms with Gasteiger partial charge in [-0.1, -0.05) is 241 Å². The summed E-state index contributed by atoms with van der Waals surface area (Å²) in [4.78, 5) is 38.1. The first kappa shape index (κ1) is 62.6. The Hall–Kier alpha value is -3.41. The molecule has 1 atom stereocenters. The third kappa shape index (κ3) is 51.6. The smallest absolute Gasteiger partial charge is 0.306 e. The summed E-state index contributed by atoms with van der Waals surface area (Å²) >= 11 is 0. The van der Waals surface area contributed by atoms with Gasteiger partial charge in [-0.05, 0) is 83.5 Å². The van der Waals surface area contributed by atoms with Gasteiger partial charge in [0.15, 0.2) is 6.10 Å². The van der Waals surface area contributed by atoms with Crippen LogP contribution in [0.3, 0.4) is 0 Å². The van der Waals surface area contributed by atoms with Crippen LogP contribution in [-0.2, 0) is 28.6 Å². The molecule has 0 aromatic rings. The first-order valence-electron chi connectivity index (χ1n) is 27.6. The molecule has 0 heterocycles. The first-order valence-corrected chi connectivity index (χ1v) is 27.6. The van der Waals surface area contributed by atoms with Crippen molar-refractivity contribution in [1.82, 2.24) is 0 Å². The van der Waals surface area contributed by atoms with Crippen LogP contribution in [0.2, 0.25) is 0 Å². The molecular formula is C60H102O6. The third-order valence-corrected chi connectivity index (χ3v) is 11.6. The highest BCUT2D eigenvalue weighted by atomic mass is 16.6. The van der Waals surface area contributed by atoms with Crippen LogP contribution in [-0.4, -0.2) is 37.2 Å². The largest absolute Gasteiger partial charge is 0.462 e. The molecule has 0 aromatic heterocycles.